The average Bonchev–Trinajstić information content (AvgIpc) is 2.28. The number of hydrogen-bond donors (Lipinski definition) is 2. The predicted octanol–water partition coefficient (Wildman–Crippen LogP) is 0.658. The van der Waals surface area contributed by atoms with Gasteiger partial charge in [0.25, 0.3) is 0 Å². The molecule has 1 aromatic rings. The molecule has 4 nitrogen and oxygen atoms in total. The Hall–Kier alpha value is -1.39. The summed E-state index contributed by atoms with van der Waals surface area (Å²) >= 11 is 0. The first-order valence-corrected chi connectivity index (χ1v) is 4.83. The lowest BCUT2D eigenvalue weighted by atomic mass is 10.2. The van der Waals surface area contributed by atoms with Gasteiger partial charge in [0.15, 0.2) is 0 Å². The van der Waals surface area contributed by atoms with E-state index in [4.69, 9.17) is 9.84 Å². The van der Waals surface area contributed by atoms with E-state index in [1.807, 2.05) is 30.3 Å². The van der Waals surface area contributed by atoms with Crippen molar-refractivity contribution in [3.05, 3.63) is 35.9 Å². The number of aliphatic hydroxyl groups is 1. The van der Waals surface area contributed by atoms with Crippen molar-refractivity contribution in [3.8, 4) is 0 Å². The third kappa shape index (κ3) is 4.58. The molecule has 1 unspecified atom stereocenters. The molecule has 0 aliphatic heterocycles. The van der Waals surface area contributed by atoms with Crippen molar-refractivity contribution < 1.29 is 14.6 Å². The molecule has 1 atom stereocenters. The fourth-order valence-corrected chi connectivity index (χ4v) is 1.18. The highest BCUT2D eigenvalue weighted by molar-refractivity contribution is 5.46. The highest BCUT2D eigenvalue weighted by Gasteiger charge is 2.06. The molecule has 0 aliphatic rings. The minimum Gasteiger partial charge on any atom is -0.396 e. The second kappa shape index (κ2) is 6.98. The molecule has 0 fully saturated rings. The van der Waals surface area contributed by atoms with Crippen LogP contribution >= 0.6 is 0 Å². The summed E-state index contributed by atoms with van der Waals surface area (Å²) in [4.78, 5) is 10.2. The summed E-state index contributed by atoms with van der Waals surface area (Å²) in [5, 5.41) is 11.2. The number of ether oxygens (including phenoxy) is 1. The molecular weight excluding hydrogens is 194 g/mol. The topological polar surface area (TPSA) is 58.6 Å². The molecular formula is C11H15NO3. The average molecular weight is 209 g/mol. The molecule has 1 amide bonds. The number of aliphatic hydroxyl groups excluding tert-OH is 1. The van der Waals surface area contributed by atoms with Crippen molar-refractivity contribution in [2.24, 2.45) is 0 Å². The molecule has 0 bridgehead atoms. The van der Waals surface area contributed by atoms with Gasteiger partial charge in [0.05, 0.1) is 6.61 Å². The van der Waals surface area contributed by atoms with E-state index in [2.05, 4.69) is 5.32 Å². The molecule has 4 heteroatoms. The van der Waals surface area contributed by atoms with Gasteiger partial charge < -0.3 is 15.2 Å². The third-order valence-corrected chi connectivity index (χ3v) is 1.94. The Morgan fingerprint density at radius 3 is 2.73 bits per heavy atom. The molecule has 1 aromatic carbocycles. The van der Waals surface area contributed by atoms with Crippen molar-refractivity contribution >= 4 is 6.41 Å². The Kier molecular flexibility index (Phi) is 5.43. The van der Waals surface area contributed by atoms with Crippen LogP contribution in [0.2, 0.25) is 0 Å². The maximum absolute atomic E-state index is 10.2. The predicted molar refractivity (Wildman–Crippen MR) is 55.9 cm³/mol. The van der Waals surface area contributed by atoms with Crippen LogP contribution in [0, 0.1) is 0 Å². The van der Waals surface area contributed by atoms with E-state index in [9.17, 15) is 4.79 Å². The number of carbonyl (C=O) groups excluding carboxylic acids is 1. The summed E-state index contributed by atoms with van der Waals surface area (Å²) in [6.45, 7) is 0.409. The molecule has 0 aliphatic carbocycles. The molecule has 0 saturated carbocycles. The van der Waals surface area contributed by atoms with Crippen LogP contribution in [0.25, 0.3) is 0 Å². The van der Waals surface area contributed by atoms with E-state index in [0.717, 1.165) is 5.56 Å². The van der Waals surface area contributed by atoms with Gasteiger partial charge in [-0.1, -0.05) is 30.3 Å². The molecule has 0 aromatic heterocycles. The Balaban J connectivity index is 2.36. The Labute approximate surface area is 88.9 Å². The lowest BCUT2D eigenvalue weighted by molar-refractivity contribution is -0.114. The number of carbonyl (C=O) groups is 1. The fourth-order valence-electron chi connectivity index (χ4n) is 1.18. The maximum Gasteiger partial charge on any atom is 0.209 e. The van der Waals surface area contributed by atoms with Crippen LogP contribution < -0.4 is 5.32 Å². The lowest BCUT2D eigenvalue weighted by Gasteiger charge is -2.15. The first-order chi connectivity index (χ1) is 7.36. The second-order valence-electron chi connectivity index (χ2n) is 3.08. The molecule has 0 radical (unpaired) electrons. The largest absolute Gasteiger partial charge is 0.396 e. The molecule has 0 saturated heterocycles. The SMILES string of the molecule is O=CNC(CCO)OCc1ccccc1. The number of amides is 1. The summed E-state index contributed by atoms with van der Waals surface area (Å²) < 4.78 is 5.41. The van der Waals surface area contributed by atoms with Crippen LogP contribution in [0.4, 0.5) is 0 Å². The molecule has 2 N–H and O–H groups in total. The summed E-state index contributed by atoms with van der Waals surface area (Å²) in [5.41, 5.74) is 1.04. The van der Waals surface area contributed by atoms with Crippen LogP contribution in [0.5, 0.6) is 0 Å². The summed E-state index contributed by atoms with van der Waals surface area (Å²) in [6.07, 6.45) is 0.546. The summed E-state index contributed by atoms with van der Waals surface area (Å²) in [5.74, 6) is 0. The highest BCUT2D eigenvalue weighted by atomic mass is 16.5. The number of nitrogens with one attached hydrogen (secondary N) is 1. The zero-order valence-corrected chi connectivity index (χ0v) is 8.43. The first-order valence-electron chi connectivity index (χ1n) is 4.83. The monoisotopic (exact) mass is 209 g/mol. The van der Waals surface area contributed by atoms with Gasteiger partial charge in [-0.2, -0.15) is 0 Å². The van der Waals surface area contributed by atoms with E-state index in [-0.39, 0.29) is 6.61 Å². The van der Waals surface area contributed by atoms with Gasteiger partial charge in [0.2, 0.25) is 6.41 Å². The molecule has 15 heavy (non-hydrogen) atoms. The number of rotatable bonds is 7. The van der Waals surface area contributed by atoms with Crippen molar-refractivity contribution in [1.82, 2.24) is 5.32 Å². The maximum atomic E-state index is 10.2. The quantitative estimate of drug-likeness (QED) is 0.512. The molecule has 0 spiro atoms. The minimum atomic E-state index is -0.423. The molecule has 0 heterocycles. The first kappa shape index (κ1) is 11.7. The van der Waals surface area contributed by atoms with Crippen molar-refractivity contribution in [1.29, 1.82) is 0 Å². The smallest absolute Gasteiger partial charge is 0.209 e. The Morgan fingerprint density at radius 2 is 2.13 bits per heavy atom. The molecule has 1 rings (SSSR count). The van der Waals surface area contributed by atoms with E-state index in [1.54, 1.807) is 0 Å². The fraction of sp³-hybridized carbons (Fsp3) is 0.364. The van der Waals surface area contributed by atoms with E-state index in [1.165, 1.54) is 0 Å². The summed E-state index contributed by atoms with van der Waals surface area (Å²) in [7, 11) is 0. The minimum absolute atomic E-state index is 0.0136. The second-order valence-corrected chi connectivity index (χ2v) is 3.08. The van der Waals surface area contributed by atoms with Gasteiger partial charge >= 0.3 is 0 Å². The zero-order chi connectivity index (χ0) is 10.9. The van der Waals surface area contributed by atoms with Gasteiger partial charge in [-0.05, 0) is 5.56 Å². The van der Waals surface area contributed by atoms with Crippen LogP contribution in [-0.4, -0.2) is 24.4 Å². The normalized spacial score (nSPS) is 12.1. The van der Waals surface area contributed by atoms with Crippen LogP contribution in [0.15, 0.2) is 30.3 Å². The standard InChI is InChI=1S/C11H15NO3/c13-7-6-11(12-9-14)15-8-10-4-2-1-3-5-10/h1-5,9,11,13H,6-8H2,(H,12,14). The van der Waals surface area contributed by atoms with Crippen molar-refractivity contribution in [2.75, 3.05) is 6.61 Å². The van der Waals surface area contributed by atoms with Gasteiger partial charge in [-0.25, -0.2) is 0 Å². The van der Waals surface area contributed by atoms with Gasteiger partial charge in [0.1, 0.15) is 6.23 Å². The van der Waals surface area contributed by atoms with E-state index >= 15 is 0 Å². The number of hydrogen-bond acceptors (Lipinski definition) is 3. The van der Waals surface area contributed by atoms with Crippen molar-refractivity contribution in [3.63, 3.8) is 0 Å². The lowest BCUT2D eigenvalue weighted by Crippen LogP contribution is -2.31. The van der Waals surface area contributed by atoms with Gasteiger partial charge in [-0.15, -0.1) is 0 Å². The Bertz CT molecular complexity index is 276. The Morgan fingerprint density at radius 1 is 1.40 bits per heavy atom. The van der Waals surface area contributed by atoms with E-state index < -0.39 is 6.23 Å². The number of benzene rings is 1. The van der Waals surface area contributed by atoms with Crippen LogP contribution in [0.3, 0.4) is 0 Å². The third-order valence-electron chi connectivity index (χ3n) is 1.94. The molecule has 82 valence electrons. The van der Waals surface area contributed by atoms with Crippen molar-refractivity contribution in [2.45, 2.75) is 19.3 Å². The highest BCUT2D eigenvalue weighted by Crippen LogP contribution is 2.03. The van der Waals surface area contributed by atoms with Gasteiger partial charge in [-0.3, -0.25) is 4.79 Å². The zero-order valence-electron chi connectivity index (χ0n) is 8.43. The summed E-state index contributed by atoms with van der Waals surface area (Å²) in [6, 6.07) is 9.66. The van der Waals surface area contributed by atoms with Crippen LogP contribution in [0.1, 0.15) is 12.0 Å². The van der Waals surface area contributed by atoms with E-state index in [0.29, 0.717) is 19.4 Å². The van der Waals surface area contributed by atoms with Gasteiger partial charge in [0, 0.05) is 13.0 Å². The van der Waals surface area contributed by atoms with Crippen LogP contribution in [-0.2, 0) is 16.1 Å².